The number of halogens is 4. The van der Waals surface area contributed by atoms with Crippen molar-refractivity contribution in [1.29, 1.82) is 0 Å². The second kappa shape index (κ2) is 10.1. The number of rotatable bonds is 9. The zero-order valence-electron chi connectivity index (χ0n) is 16.3. The quantitative estimate of drug-likeness (QED) is 0.330. The largest absolute Gasteiger partial charge is 0.511 e. The van der Waals surface area contributed by atoms with E-state index in [0.717, 1.165) is 5.56 Å². The maximum absolute atomic E-state index is 12.5. The Balaban J connectivity index is 1.57. The number of carbonyl (C=O) groups is 1. The van der Waals surface area contributed by atoms with Crippen molar-refractivity contribution in [2.24, 2.45) is 0 Å². The summed E-state index contributed by atoms with van der Waals surface area (Å²) in [6, 6.07) is 12.1. The standard InChI is InChI=1S/C19H17ClF3N3O4S2/c20-13-7-5-12(6-8-13)11-31-18-26-16-14(3-1-4-15(16)30-18)17(27)24-9-2-10-25-32(28,29)19(21,22)23/h1,3-8,25H,2,9-11H2,(H,24,27). The minimum absolute atomic E-state index is 0.0297. The number of hydrogen-bond acceptors (Lipinski definition) is 6. The molecule has 0 bridgehead atoms. The summed E-state index contributed by atoms with van der Waals surface area (Å²) in [5, 5.41) is 3.54. The lowest BCUT2D eigenvalue weighted by atomic mass is 10.2. The SMILES string of the molecule is O=C(NCCCNS(=O)(=O)C(F)(F)F)c1cccc2oc(SCc3ccc(Cl)cc3)nc12. The van der Waals surface area contributed by atoms with Gasteiger partial charge in [-0.3, -0.25) is 4.79 Å². The van der Waals surface area contributed by atoms with E-state index in [1.54, 1.807) is 30.3 Å². The maximum atomic E-state index is 12.5. The summed E-state index contributed by atoms with van der Waals surface area (Å²) in [6.07, 6.45) is -0.0297. The van der Waals surface area contributed by atoms with Crippen molar-refractivity contribution in [3.63, 3.8) is 0 Å². The topological polar surface area (TPSA) is 101 Å². The first-order chi connectivity index (χ1) is 15.1. The van der Waals surface area contributed by atoms with Crippen LogP contribution in [-0.4, -0.2) is 37.9 Å². The monoisotopic (exact) mass is 507 g/mol. The molecule has 3 aromatic rings. The number of alkyl halides is 3. The molecule has 0 atom stereocenters. The number of aromatic nitrogens is 1. The summed E-state index contributed by atoms with van der Waals surface area (Å²) in [4.78, 5) is 16.8. The summed E-state index contributed by atoms with van der Waals surface area (Å²) < 4.78 is 65.8. The number of benzene rings is 2. The lowest BCUT2D eigenvalue weighted by Gasteiger charge is -2.09. The Morgan fingerprint density at radius 1 is 1.12 bits per heavy atom. The zero-order valence-corrected chi connectivity index (χ0v) is 18.7. The summed E-state index contributed by atoms with van der Waals surface area (Å²) in [7, 11) is -5.40. The number of fused-ring (bicyclic) bond motifs is 1. The smallest absolute Gasteiger partial charge is 0.431 e. The van der Waals surface area contributed by atoms with Crippen molar-refractivity contribution < 1.29 is 30.8 Å². The average Bonchev–Trinajstić information content (AvgIpc) is 3.15. The van der Waals surface area contributed by atoms with Gasteiger partial charge in [0.2, 0.25) is 0 Å². The molecule has 0 aliphatic rings. The van der Waals surface area contributed by atoms with Gasteiger partial charge in [0.1, 0.15) is 5.52 Å². The summed E-state index contributed by atoms with van der Waals surface area (Å²) in [5.41, 5.74) is -3.36. The first-order valence-electron chi connectivity index (χ1n) is 9.18. The van der Waals surface area contributed by atoms with Gasteiger partial charge in [-0.25, -0.2) is 18.1 Å². The molecular weight excluding hydrogens is 491 g/mol. The molecule has 0 aliphatic carbocycles. The Hall–Kier alpha value is -2.28. The van der Waals surface area contributed by atoms with E-state index in [-0.39, 0.29) is 18.5 Å². The zero-order chi connectivity index (χ0) is 23.4. The highest BCUT2D eigenvalue weighted by Crippen LogP contribution is 2.28. The predicted octanol–water partition coefficient (Wildman–Crippen LogP) is 4.33. The van der Waals surface area contributed by atoms with Gasteiger partial charge in [0.15, 0.2) is 5.58 Å². The van der Waals surface area contributed by atoms with Crippen LogP contribution >= 0.6 is 23.4 Å². The predicted molar refractivity (Wildman–Crippen MR) is 115 cm³/mol. The number of para-hydroxylation sites is 1. The lowest BCUT2D eigenvalue weighted by Crippen LogP contribution is -2.38. The number of oxazole rings is 1. The second-order valence-corrected chi connectivity index (χ2v) is 9.62. The fraction of sp³-hybridized carbons (Fsp3) is 0.263. The van der Waals surface area contributed by atoms with Crippen LogP contribution in [0.15, 0.2) is 52.1 Å². The first kappa shape index (κ1) is 24.4. The van der Waals surface area contributed by atoms with Crippen LogP contribution in [0.2, 0.25) is 5.02 Å². The van der Waals surface area contributed by atoms with Crippen LogP contribution < -0.4 is 10.0 Å². The molecule has 32 heavy (non-hydrogen) atoms. The molecule has 0 unspecified atom stereocenters. The van der Waals surface area contributed by atoms with E-state index < -0.39 is 28.0 Å². The summed E-state index contributed by atoms with van der Waals surface area (Å²) in [6.45, 7) is -0.507. The molecular formula is C19H17ClF3N3O4S2. The average molecular weight is 508 g/mol. The van der Waals surface area contributed by atoms with E-state index in [2.05, 4.69) is 10.3 Å². The van der Waals surface area contributed by atoms with Crippen LogP contribution in [0.4, 0.5) is 13.2 Å². The van der Waals surface area contributed by atoms with Gasteiger partial charge < -0.3 is 9.73 Å². The van der Waals surface area contributed by atoms with E-state index in [9.17, 15) is 26.4 Å². The van der Waals surface area contributed by atoms with Crippen LogP contribution in [0.25, 0.3) is 11.1 Å². The summed E-state index contributed by atoms with van der Waals surface area (Å²) >= 11 is 7.21. The number of amides is 1. The van der Waals surface area contributed by atoms with Crippen molar-refractivity contribution in [1.82, 2.24) is 15.0 Å². The van der Waals surface area contributed by atoms with Crippen molar-refractivity contribution >= 4 is 50.4 Å². The van der Waals surface area contributed by atoms with Crippen LogP contribution in [0.5, 0.6) is 0 Å². The molecule has 2 N–H and O–H groups in total. The Labute approximate surface area is 190 Å². The molecule has 0 radical (unpaired) electrons. The molecule has 1 aromatic heterocycles. The van der Waals surface area contributed by atoms with Crippen molar-refractivity contribution in [2.75, 3.05) is 13.1 Å². The van der Waals surface area contributed by atoms with E-state index >= 15 is 0 Å². The van der Waals surface area contributed by atoms with Gasteiger partial charge in [-0.15, -0.1) is 0 Å². The van der Waals surface area contributed by atoms with Crippen LogP contribution in [0.3, 0.4) is 0 Å². The molecule has 13 heteroatoms. The van der Waals surface area contributed by atoms with Gasteiger partial charge in [-0.1, -0.05) is 41.6 Å². The van der Waals surface area contributed by atoms with Gasteiger partial charge in [-0.05, 0) is 36.2 Å². The van der Waals surface area contributed by atoms with Crippen LogP contribution in [-0.2, 0) is 15.8 Å². The van der Waals surface area contributed by atoms with Gasteiger partial charge in [0, 0.05) is 23.9 Å². The number of sulfonamides is 1. The van der Waals surface area contributed by atoms with E-state index in [1.165, 1.54) is 16.5 Å². The minimum atomic E-state index is -5.40. The van der Waals surface area contributed by atoms with Crippen molar-refractivity contribution in [3.8, 4) is 0 Å². The highest BCUT2D eigenvalue weighted by Gasteiger charge is 2.45. The van der Waals surface area contributed by atoms with Gasteiger partial charge >= 0.3 is 15.5 Å². The van der Waals surface area contributed by atoms with Gasteiger partial charge in [0.05, 0.1) is 5.56 Å². The molecule has 2 aromatic carbocycles. The van der Waals surface area contributed by atoms with Gasteiger partial charge in [0.25, 0.3) is 11.1 Å². The van der Waals surface area contributed by atoms with E-state index in [0.29, 0.717) is 27.1 Å². The molecule has 7 nitrogen and oxygen atoms in total. The first-order valence-corrected chi connectivity index (χ1v) is 12.0. The molecule has 0 saturated carbocycles. The molecule has 3 rings (SSSR count). The Kier molecular flexibility index (Phi) is 7.70. The Morgan fingerprint density at radius 3 is 2.53 bits per heavy atom. The highest BCUT2D eigenvalue weighted by atomic mass is 35.5. The third kappa shape index (κ3) is 6.15. The number of nitrogens with zero attached hydrogens (tertiary/aromatic N) is 1. The molecule has 0 spiro atoms. The highest BCUT2D eigenvalue weighted by molar-refractivity contribution is 7.98. The Bertz CT molecular complexity index is 1200. The third-order valence-corrected chi connectivity index (χ3v) is 6.50. The summed E-state index contributed by atoms with van der Waals surface area (Å²) in [5.74, 6) is 0.0798. The normalized spacial score (nSPS) is 12.2. The molecule has 1 heterocycles. The number of carbonyl (C=O) groups excluding carboxylic acids is 1. The van der Waals surface area contributed by atoms with Crippen LogP contribution in [0, 0.1) is 0 Å². The fourth-order valence-corrected chi connectivity index (χ4v) is 4.06. The molecule has 0 saturated heterocycles. The third-order valence-electron chi connectivity index (χ3n) is 4.16. The number of thioether (sulfide) groups is 1. The van der Waals surface area contributed by atoms with Gasteiger partial charge in [-0.2, -0.15) is 13.2 Å². The maximum Gasteiger partial charge on any atom is 0.511 e. The number of nitrogens with one attached hydrogen (secondary N) is 2. The minimum Gasteiger partial charge on any atom is -0.431 e. The van der Waals surface area contributed by atoms with Crippen molar-refractivity contribution in [2.45, 2.75) is 22.9 Å². The number of hydrogen-bond donors (Lipinski definition) is 2. The molecule has 172 valence electrons. The van der Waals surface area contributed by atoms with Crippen LogP contribution in [0.1, 0.15) is 22.3 Å². The molecule has 0 fully saturated rings. The Morgan fingerprint density at radius 2 is 1.84 bits per heavy atom. The lowest BCUT2D eigenvalue weighted by molar-refractivity contribution is -0.0447. The van der Waals surface area contributed by atoms with E-state index in [4.69, 9.17) is 16.0 Å². The van der Waals surface area contributed by atoms with E-state index in [1.807, 2.05) is 12.1 Å². The molecule has 1 amide bonds. The van der Waals surface area contributed by atoms with Crippen molar-refractivity contribution in [3.05, 3.63) is 58.6 Å². The molecule has 0 aliphatic heterocycles. The second-order valence-electron chi connectivity index (χ2n) is 6.50. The fourth-order valence-electron chi connectivity index (χ4n) is 2.57.